The lowest BCUT2D eigenvalue weighted by molar-refractivity contribution is -0.134. The van der Waals surface area contributed by atoms with Crippen molar-refractivity contribution in [3.8, 4) is 0 Å². The van der Waals surface area contributed by atoms with E-state index < -0.39 is 11.8 Å². The van der Waals surface area contributed by atoms with Crippen LogP contribution in [-0.4, -0.2) is 16.1 Å². The number of benzene rings is 1. The van der Waals surface area contributed by atoms with Crippen molar-refractivity contribution in [1.29, 1.82) is 0 Å². The largest absolute Gasteiger partial charge is 0.476 e. The minimum Gasteiger partial charge on any atom is -0.476 e. The third-order valence-electron chi connectivity index (χ3n) is 2.51. The standard InChI is InChI=1S/C13H9ClFNO2/c1-7-3-2-4-8-5-9(6-10(15)13(17)18)12(14)16-11(7)8/h2-6H,1H3,(H,17,18). The molecule has 0 amide bonds. The number of carboxylic acid groups (broad SMARTS) is 1. The number of aromatic nitrogens is 1. The summed E-state index contributed by atoms with van der Waals surface area (Å²) in [6, 6.07) is 7.15. The van der Waals surface area contributed by atoms with Crippen molar-refractivity contribution in [1.82, 2.24) is 4.98 Å². The van der Waals surface area contributed by atoms with Crippen LogP contribution in [0.1, 0.15) is 11.1 Å². The van der Waals surface area contributed by atoms with E-state index >= 15 is 0 Å². The van der Waals surface area contributed by atoms with Crippen molar-refractivity contribution in [2.45, 2.75) is 6.92 Å². The predicted octanol–water partition coefficient (Wildman–Crippen LogP) is 3.59. The van der Waals surface area contributed by atoms with Gasteiger partial charge in [-0.15, -0.1) is 0 Å². The zero-order valence-corrected chi connectivity index (χ0v) is 10.2. The van der Waals surface area contributed by atoms with Crippen molar-refractivity contribution in [2.24, 2.45) is 0 Å². The van der Waals surface area contributed by atoms with E-state index in [0.717, 1.165) is 22.5 Å². The first-order valence-corrected chi connectivity index (χ1v) is 5.53. The number of hydrogen-bond donors (Lipinski definition) is 1. The third kappa shape index (κ3) is 2.33. The van der Waals surface area contributed by atoms with Gasteiger partial charge in [0.25, 0.3) is 0 Å². The summed E-state index contributed by atoms with van der Waals surface area (Å²) < 4.78 is 13.0. The Balaban J connectivity index is 2.64. The average molecular weight is 266 g/mol. The van der Waals surface area contributed by atoms with E-state index in [4.69, 9.17) is 16.7 Å². The van der Waals surface area contributed by atoms with Gasteiger partial charge in [-0.3, -0.25) is 0 Å². The van der Waals surface area contributed by atoms with Crippen molar-refractivity contribution >= 4 is 34.5 Å². The molecule has 0 atom stereocenters. The molecule has 0 spiro atoms. The van der Waals surface area contributed by atoms with Crippen molar-refractivity contribution in [3.63, 3.8) is 0 Å². The number of rotatable bonds is 2. The smallest absolute Gasteiger partial charge is 0.364 e. The van der Waals surface area contributed by atoms with Crippen molar-refractivity contribution in [3.05, 3.63) is 46.4 Å². The van der Waals surface area contributed by atoms with Crippen LogP contribution in [0.15, 0.2) is 30.1 Å². The number of para-hydroxylation sites is 1. The van der Waals surface area contributed by atoms with Crippen molar-refractivity contribution < 1.29 is 14.3 Å². The fourth-order valence-corrected chi connectivity index (χ4v) is 1.83. The minimum absolute atomic E-state index is 0.0770. The molecule has 0 saturated heterocycles. The molecule has 0 bridgehead atoms. The Labute approximate surface area is 108 Å². The summed E-state index contributed by atoms with van der Waals surface area (Å²) in [4.78, 5) is 14.6. The van der Waals surface area contributed by atoms with Gasteiger partial charge in [-0.05, 0) is 24.6 Å². The molecular weight excluding hydrogens is 257 g/mol. The van der Waals surface area contributed by atoms with E-state index in [1.807, 2.05) is 25.1 Å². The molecule has 0 aliphatic rings. The van der Waals surface area contributed by atoms with Crippen LogP contribution in [-0.2, 0) is 4.79 Å². The average Bonchev–Trinajstić information content (AvgIpc) is 2.31. The lowest BCUT2D eigenvalue weighted by Gasteiger charge is -2.04. The minimum atomic E-state index is -1.63. The van der Waals surface area contributed by atoms with Gasteiger partial charge >= 0.3 is 5.97 Å². The molecule has 3 nitrogen and oxygen atoms in total. The first kappa shape index (κ1) is 12.5. The first-order valence-electron chi connectivity index (χ1n) is 5.15. The van der Waals surface area contributed by atoms with E-state index in [-0.39, 0.29) is 10.7 Å². The molecule has 0 aliphatic heterocycles. The van der Waals surface area contributed by atoms with Gasteiger partial charge in [0.15, 0.2) is 0 Å². The molecule has 1 aromatic heterocycles. The molecule has 0 unspecified atom stereocenters. The van der Waals surface area contributed by atoms with Crippen LogP contribution in [0.25, 0.3) is 17.0 Å². The van der Waals surface area contributed by atoms with E-state index in [1.165, 1.54) is 0 Å². The number of aliphatic carboxylic acids is 1. The number of halogens is 2. The van der Waals surface area contributed by atoms with Crippen LogP contribution < -0.4 is 0 Å². The van der Waals surface area contributed by atoms with E-state index in [9.17, 15) is 9.18 Å². The summed E-state index contributed by atoms with van der Waals surface area (Å²) in [6.45, 7) is 1.89. The maximum absolute atomic E-state index is 13.0. The number of fused-ring (bicyclic) bond motifs is 1. The summed E-state index contributed by atoms with van der Waals surface area (Å²) in [6.07, 6.45) is 0.861. The van der Waals surface area contributed by atoms with Crippen LogP contribution >= 0.6 is 11.6 Å². The van der Waals surface area contributed by atoms with E-state index in [0.29, 0.717) is 0 Å². The number of nitrogens with zero attached hydrogens (tertiary/aromatic N) is 1. The normalized spacial score (nSPS) is 11.8. The first-order chi connectivity index (χ1) is 8.49. The molecule has 0 radical (unpaired) electrons. The molecule has 1 N–H and O–H groups in total. The van der Waals surface area contributed by atoms with E-state index in [2.05, 4.69) is 4.98 Å². The second-order valence-corrected chi connectivity index (χ2v) is 4.17. The highest BCUT2D eigenvalue weighted by Gasteiger charge is 2.09. The Morgan fingerprint density at radius 2 is 2.22 bits per heavy atom. The van der Waals surface area contributed by atoms with Gasteiger partial charge in [0.2, 0.25) is 5.83 Å². The maximum atomic E-state index is 13.0. The Hall–Kier alpha value is -1.94. The molecule has 2 rings (SSSR count). The summed E-state index contributed by atoms with van der Waals surface area (Å²) in [7, 11) is 0. The molecule has 0 saturated carbocycles. The number of hydrogen-bond acceptors (Lipinski definition) is 2. The molecule has 5 heteroatoms. The summed E-state index contributed by atoms with van der Waals surface area (Å²) >= 11 is 5.91. The van der Waals surface area contributed by atoms with Gasteiger partial charge in [-0.2, -0.15) is 4.39 Å². The van der Waals surface area contributed by atoms with Crippen LogP contribution in [0.4, 0.5) is 4.39 Å². The maximum Gasteiger partial charge on any atom is 0.364 e. The van der Waals surface area contributed by atoms with Crippen LogP contribution in [0.5, 0.6) is 0 Å². The van der Waals surface area contributed by atoms with E-state index in [1.54, 1.807) is 6.07 Å². The highest BCUT2D eigenvalue weighted by Crippen LogP contribution is 2.24. The van der Waals surface area contributed by atoms with Gasteiger partial charge in [-0.25, -0.2) is 9.78 Å². The fourth-order valence-electron chi connectivity index (χ4n) is 1.64. The highest BCUT2D eigenvalue weighted by molar-refractivity contribution is 6.31. The molecule has 92 valence electrons. The Morgan fingerprint density at radius 3 is 2.89 bits per heavy atom. The molecular formula is C13H9ClFNO2. The second kappa shape index (κ2) is 4.74. The molecule has 0 aliphatic carbocycles. The zero-order valence-electron chi connectivity index (χ0n) is 9.45. The molecule has 18 heavy (non-hydrogen) atoms. The van der Waals surface area contributed by atoms with Gasteiger partial charge in [-0.1, -0.05) is 29.8 Å². The summed E-state index contributed by atoms with van der Waals surface area (Å²) in [5.41, 5.74) is 1.91. The molecule has 1 heterocycles. The lowest BCUT2D eigenvalue weighted by atomic mass is 10.1. The van der Waals surface area contributed by atoms with Crippen LogP contribution in [0, 0.1) is 6.92 Å². The van der Waals surface area contributed by atoms with Gasteiger partial charge in [0.1, 0.15) is 5.15 Å². The monoisotopic (exact) mass is 265 g/mol. The number of aryl methyl sites for hydroxylation is 1. The number of carbonyl (C=O) groups is 1. The summed E-state index contributed by atoms with van der Waals surface area (Å²) in [5.74, 6) is -2.90. The molecule has 2 aromatic rings. The Kier molecular flexibility index (Phi) is 3.30. The third-order valence-corrected chi connectivity index (χ3v) is 2.82. The zero-order chi connectivity index (χ0) is 13.3. The number of carboxylic acids is 1. The number of pyridine rings is 1. The fraction of sp³-hybridized carbons (Fsp3) is 0.0769. The quantitative estimate of drug-likeness (QED) is 0.667. The van der Waals surface area contributed by atoms with Gasteiger partial charge in [0.05, 0.1) is 5.52 Å². The van der Waals surface area contributed by atoms with Crippen LogP contribution in [0.3, 0.4) is 0 Å². The van der Waals surface area contributed by atoms with Gasteiger partial charge < -0.3 is 5.11 Å². The molecule has 1 aromatic carbocycles. The van der Waals surface area contributed by atoms with Crippen LogP contribution in [0.2, 0.25) is 5.15 Å². The SMILES string of the molecule is Cc1cccc2cc(C=C(F)C(=O)O)c(Cl)nc12. The van der Waals surface area contributed by atoms with Crippen molar-refractivity contribution in [2.75, 3.05) is 0 Å². The highest BCUT2D eigenvalue weighted by atomic mass is 35.5. The Morgan fingerprint density at radius 1 is 1.50 bits per heavy atom. The Bertz CT molecular complexity index is 667. The van der Waals surface area contributed by atoms with Gasteiger partial charge in [0, 0.05) is 10.9 Å². The molecule has 0 fully saturated rings. The summed E-state index contributed by atoms with van der Waals surface area (Å²) in [5, 5.41) is 9.34. The second-order valence-electron chi connectivity index (χ2n) is 3.81. The lowest BCUT2D eigenvalue weighted by Crippen LogP contribution is -1.95. The predicted molar refractivity (Wildman–Crippen MR) is 68.2 cm³/mol. The topological polar surface area (TPSA) is 50.2 Å².